The zero-order valence-electron chi connectivity index (χ0n) is 29.1. The molecule has 5 rings (SSSR count). The maximum Gasteiger partial charge on any atom is 0.418 e. The predicted octanol–water partition coefficient (Wildman–Crippen LogP) is 3.59. The molecular formula is C35H50F3N5O7. The smallest absolute Gasteiger partial charge is 0.418 e. The van der Waals surface area contributed by atoms with Crippen LogP contribution in [0.1, 0.15) is 84.2 Å². The molecule has 1 aromatic rings. The van der Waals surface area contributed by atoms with Gasteiger partial charge < -0.3 is 35.8 Å². The Bertz CT molecular complexity index is 1430. The Morgan fingerprint density at radius 2 is 1.68 bits per heavy atom. The third kappa shape index (κ3) is 7.98. The molecule has 0 radical (unpaired) electrons. The summed E-state index contributed by atoms with van der Waals surface area (Å²) in [6.45, 7) is 6.10. The summed E-state index contributed by atoms with van der Waals surface area (Å²) >= 11 is 0. The number of para-hydroxylation sites is 1. The van der Waals surface area contributed by atoms with E-state index in [4.69, 9.17) is 4.74 Å². The molecule has 2 saturated heterocycles. The minimum atomic E-state index is -4.91. The Kier molecular flexibility index (Phi) is 11.0. The minimum Gasteiger partial charge on any atom is -0.493 e. The van der Waals surface area contributed by atoms with Crippen molar-refractivity contribution in [3.63, 3.8) is 0 Å². The fourth-order valence-corrected chi connectivity index (χ4v) is 8.24. The summed E-state index contributed by atoms with van der Waals surface area (Å²) in [4.78, 5) is 57.1. The van der Waals surface area contributed by atoms with Gasteiger partial charge in [0.2, 0.25) is 17.7 Å². The number of piperazine rings is 1. The van der Waals surface area contributed by atoms with Crippen molar-refractivity contribution in [2.24, 2.45) is 17.3 Å². The lowest BCUT2D eigenvalue weighted by Crippen LogP contribution is -2.66. The molecule has 0 bridgehead atoms. The number of nitrogens with zero attached hydrogens (tertiary/aromatic N) is 2. The predicted molar refractivity (Wildman–Crippen MR) is 176 cm³/mol. The highest BCUT2D eigenvalue weighted by atomic mass is 19.4. The molecule has 3 fully saturated rings. The fourth-order valence-electron chi connectivity index (χ4n) is 8.24. The van der Waals surface area contributed by atoms with Crippen LogP contribution in [0, 0.1) is 17.3 Å². The highest BCUT2D eigenvalue weighted by Crippen LogP contribution is 2.43. The number of carbonyl (C=O) groups is 4. The first-order valence-electron chi connectivity index (χ1n) is 17.5. The zero-order chi connectivity index (χ0) is 36.6. The van der Waals surface area contributed by atoms with Crippen LogP contribution < -0.4 is 20.7 Å². The van der Waals surface area contributed by atoms with Crippen LogP contribution in [-0.2, 0) is 14.4 Å². The van der Waals surface area contributed by atoms with Crippen molar-refractivity contribution in [3.8, 4) is 5.75 Å². The number of alkyl halides is 3. The van der Waals surface area contributed by atoms with E-state index in [2.05, 4.69) is 16.0 Å². The third-order valence-corrected chi connectivity index (χ3v) is 10.9. The van der Waals surface area contributed by atoms with E-state index in [-0.39, 0.29) is 19.0 Å². The van der Waals surface area contributed by atoms with Crippen molar-refractivity contribution in [2.45, 2.75) is 115 Å². The first-order chi connectivity index (χ1) is 23.4. The number of aliphatic hydroxyl groups is 1. The van der Waals surface area contributed by atoms with Crippen LogP contribution in [0.15, 0.2) is 24.3 Å². The number of carbonyl (C=O) groups excluding carboxylic acids is 3. The molecule has 3 aliphatic heterocycles. The van der Waals surface area contributed by atoms with Gasteiger partial charge >= 0.3 is 12.3 Å². The number of hydrogen-bond acceptors (Lipinski definition) is 7. The maximum atomic E-state index is 14.8. The van der Waals surface area contributed by atoms with Gasteiger partial charge in [-0.15, -0.1) is 0 Å². The number of hydrogen-bond donors (Lipinski definition) is 5. The lowest BCUT2D eigenvalue weighted by atomic mass is 9.78. The molecule has 15 heteroatoms. The number of halogens is 3. The Morgan fingerprint density at radius 1 is 1.00 bits per heavy atom. The van der Waals surface area contributed by atoms with Gasteiger partial charge in [-0.2, -0.15) is 13.2 Å². The van der Waals surface area contributed by atoms with Gasteiger partial charge in [0.1, 0.15) is 17.8 Å². The molecule has 0 aromatic heterocycles. The molecule has 7 atom stereocenters. The molecule has 278 valence electrons. The monoisotopic (exact) mass is 709 g/mol. The van der Waals surface area contributed by atoms with E-state index in [1.54, 1.807) is 33.8 Å². The molecule has 4 aliphatic rings. The average molecular weight is 710 g/mol. The van der Waals surface area contributed by atoms with Crippen molar-refractivity contribution < 1.29 is 47.3 Å². The summed E-state index contributed by atoms with van der Waals surface area (Å²) in [5.41, 5.74) is -2.90. The number of amides is 4. The van der Waals surface area contributed by atoms with E-state index >= 15 is 0 Å². The standard InChI is InChI=1S/C35H50F3N5O7/c1-20(28(33(2,3)4)41-32(47)48)29(44)40-27(21-10-6-5-7-11-21)31(46)43-17-22-16-34(49,35(36,37)38)19-42(22)18-25(43)30(45)39-24-14-15-50-26-13-9-8-12-23(24)26/h8-9,12-13,20-22,24-25,27-28,41,49H,5-7,10-11,14-19H2,1-4H3,(H,39,45)(H,40,44)(H,47,48)/t20-,22+,24+,25-,27-,28?,34+/m0/s1. The molecule has 0 spiro atoms. The Labute approximate surface area is 290 Å². The summed E-state index contributed by atoms with van der Waals surface area (Å²) in [6.07, 6.45) is -2.60. The minimum absolute atomic E-state index is 0.234. The van der Waals surface area contributed by atoms with E-state index in [0.717, 1.165) is 24.8 Å². The van der Waals surface area contributed by atoms with E-state index in [1.165, 1.54) is 9.80 Å². The number of nitrogens with one attached hydrogen (secondary N) is 3. The van der Waals surface area contributed by atoms with Crippen molar-refractivity contribution in [3.05, 3.63) is 29.8 Å². The first-order valence-corrected chi connectivity index (χ1v) is 17.5. The molecule has 1 unspecified atom stereocenters. The van der Waals surface area contributed by atoms with Gasteiger partial charge in [0.05, 0.1) is 18.6 Å². The lowest BCUT2D eigenvalue weighted by molar-refractivity contribution is -0.254. The number of rotatable bonds is 8. The molecule has 4 amide bonds. The normalized spacial score (nSPS) is 27.9. The Morgan fingerprint density at radius 3 is 2.32 bits per heavy atom. The highest BCUT2D eigenvalue weighted by molar-refractivity contribution is 5.93. The number of benzene rings is 1. The summed E-state index contributed by atoms with van der Waals surface area (Å²) in [5.74, 6) is -2.25. The van der Waals surface area contributed by atoms with Crippen molar-refractivity contribution in [2.75, 3.05) is 26.2 Å². The third-order valence-electron chi connectivity index (χ3n) is 10.9. The van der Waals surface area contributed by atoms with E-state index in [9.17, 15) is 42.6 Å². The summed E-state index contributed by atoms with van der Waals surface area (Å²) in [6, 6.07) is 2.79. The zero-order valence-corrected chi connectivity index (χ0v) is 29.1. The quantitative estimate of drug-likeness (QED) is 0.274. The second kappa shape index (κ2) is 14.6. The second-order valence-corrected chi connectivity index (χ2v) is 15.5. The molecule has 3 heterocycles. The molecule has 1 aromatic carbocycles. The van der Waals surface area contributed by atoms with Crippen LogP contribution in [-0.4, -0.2) is 106 Å². The topological polar surface area (TPSA) is 161 Å². The summed E-state index contributed by atoms with van der Waals surface area (Å²) in [7, 11) is 0. The number of fused-ring (bicyclic) bond motifs is 2. The van der Waals surface area contributed by atoms with Crippen LogP contribution in [0.3, 0.4) is 0 Å². The summed E-state index contributed by atoms with van der Waals surface area (Å²) < 4.78 is 47.8. The van der Waals surface area contributed by atoms with Crippen LogP contribution in [0.25, 0.3) is 0 Å². The SMILES string of the molecule is C[C@H](C(=O)N[C@H](C(=O)N1C[C@H]2C[C@](O)(C(F)(F)F)CN2C[C@H]1C(=O)N[C@@H]1CCOc2ccccc21)C1CCCCC1)C(NC(=O)O)C(C)(C)C. The lowest BCUT2D eigenvalue weighted by Gasteiger charge is -2.45. The number of carboxylic acid groups (broad SMARTS) is 1. The fraction of sp³-hybridized carbons (Fsp3) is 0.714. The van der Waals surface area contributed by atoms with Gasteiger partial charge in [0.25, 0.3) is 0 Å². The molecule has 50 heavy (non-hydrogen) atoms. The van der Waals surface area contributed by atoms with Crippen molar-refractivity contribution in [1.29, 1.82) is 0 Å². The van der Waals surface area contributed by atoms with Gasteiger partial charge in [0.15, 0.2) is 5.60 Å². The van der Waals surface area contributed by atoms with Crippen LogP contribution in [0.5, 0.6) is 5.75 Å². The van der Waals surface area contributed by atoms with Crippen molar-refractivity contribution >= 4 is 23.8 Å². The Hall–Kier alpha value is -3.59. The second-order valence-electron chi connectivity index (χ2n) is 15.5. The van der Waals surface area contributed by atoms with Crippen LogP contribution >= 0.6 is 0 Å². The van der Waals surface area contributed by atoms with Crippen molar-refractivity contribution in [1.82, 2.24) is 25.8 Å². The number of ether oxygens (including phenoxy) is 1. The van der Waals surface area contributed by atoms with Crippen LogP contribution in [0.2, 0.25) is 0 Å². The molecule has 1 aliphatic carbocycles. The van der Waals surface area contributed by atoms with E-state index in [1.807, 2.05) is 18.2 Å². The van der Waals surface area contributed by atoms with Gasteiger partial charge in [-0.1, -0.05) is 65.2 Å². The maximum absolute atomic E-state index is 14.8. The first kappa shape index (κ1) is 37.7. The largest absolute Gasteiger partial charge is 0.493 e. The molecule has 1 saturated carbocycles. The van der Waals surface area contributed by atoms with Crippen LogP contribution in [0.4, 0.5) is 18.0 Å². The Balaban J connectivity index is 1.45. The van der Waals surface area contributed by atoms with Gasteiger partial charge in [0, 0.05) is 50.1 Å². The molecular weight excluding hydrogens is 659 g/mol. The molecule has 12 nitrogen and oxygen atoms in total. The van der Waals surface area contributed by atoms with Gasteiger partial charge in [-0.05, 0) is 30.2 Å². The average Bonchev–Trinajstić information content (AvgIpc) is 3.41. The highest BCUT2D eigenvalue weighted by Gasteiger charge is 2.62. The summed E-state index contributed by atoms with van der Waals surface area (Å²) in [5, 5.41) is 28.5. The van der Waals surface area contributed by atoms with Gasteiger partial charge in [-0.3, -0.25) is 19.3 Å². The van der Waals surface area contributed by atoms with E-state index in [0.29, 0.717) is 31.6 Å². The van der Waals surface area contributed by atoms with E-state index < -0.39 is 90.1 Å². The molecule has 5 N–H and O–H groups in total. The van der Waals surface area contributed by atoms with Gasteiger partial charge in [-0.25, -0.2) is 4.79 Å².